The number of fused-ring (bicyclic) bond motifs is 1. The molecule has 29 heavy (non-hydrogen) atoms. The highest BCUT2D eigenvalue weighted by Crippen LogP contribution is 2.27. The van der Waals surface area contributed by atoms with Crippen LogP contribution in [0, 0.1) is 0 Å². The first-order valence-corrected chi connectivity index (χ1v) is 10.5. The Kier molecular flexibility index (Phi) is 4.83. The van der Waals surface area contributed by atoms with Crippen LogP contribution in [0.4, 0.5) is 0 Å². The standard InChI is InChI=1S/C22H20N4O2S/c27-22(24-17-6-10-28-14-17)20-13-16(21-19(25-20)7-11-29-21)12-15-2-4-18(5-3-15)26-9-1-8-23-26/h1-5,7-9,11,13,17H,6,10,12,14H2,(H,24,27). The Morgan fingerprint density at radius 3 is 2.93 bits per heavy atom. The van der Waals surface area contributed by atoms with Crippen LogP contribution in [0.2, 0.25) is 0 Å². The average Bonchev–Trinajstić information content (AvgIpc) is 3.50. The molecule has 7 heteroatoms. The number of nitrogens with one attached hydrogen (secondary N) is 1. The van der Waals surface area contributed by atoms with E-state index in [4.69, 9.17) is 4.74 Å². The van der Waals surface area contributed by atoms with E-state index < -0.39 is 0 Å². The van der Waals surface area contributed by atoms with Crippen LogP contribution in [0.5, 0.6) is 0 Å². The molecule has 1 atom stereocenters. The summed E-state index contributed by atoms with van der Waals surface area (Å²) >= 11 is 1.66. The molecule has 1 aliphatic rings. The molecule has 1 fully saturated rings. The van der Waals surface area contributed by atoms with Crippen molar-refractivity contribution in [3.8, 4) is 5.69 Å². The Balaban J connectivity index is 1.41. The van der Waals surface area contributed by atoms with E-state index in [1.165, 1.54) is 5.56 Å². The van der Waals surface area contributed by atoms with Crippen LogP contribution in [-0.2, 0) is 11.2 Å². The van der Waals surface area contributed by atoms with Gasteiger partial charge < -0.3 is 10.1 Å². The first-order chi connectivity index (χ1) is 14.3. The molecule has 6 nitrogen and oxygen atoms in total. The number of ether oxygens (including phenoxy) is 1. The SMILES string of the molecule is O=C(NC1CCOC1)c1cc(Cc2ccc(-n3cccn3)cc2)c2sccc2n1. The van der Waals surface area contributed by atoms with E-state index in [1.807, 2.05) is 34.5 Å². The third kappa shape index (κ3) is 3.79. The molecule has 1 aromatic carbocycles. The summed E-state index contributed by atoms with van der Waals surface area (Å²) in [6.07, 6.45) is 5.28. The fourth-order valence-corrected chi connectivity index (χ4v) is 4.44. The second kappa shape index (κ2) is 7.77. The number of carbonyl (C=O) groups is 1. The van der Waals surface area contributed by atoms with Crippen LogP contribution >= 0.6 is 11.3 Å². The number of carbonyl (C=O) groups excluding carboxylic acids is 1. The third-order valence-corrected chi connectivity index (χ3v) is 6.06. The molecule has 0 bridgehead atoms. The summed E-state index contributed by atoms with van der Waals surface area (Å²) in [7, 11) is 0. The van der Waals surface area contributed by atoms with Crippen molar-refractivity contribution in [1.29, 1.82) is 0 Å². The van der Waals surface area contributed by atoms with Crippen molar-refractivity contribution in [2.45, 2.75) is 18.9 Å². The maximum atomic E-state index is 12.7. The van der Waals surface area contributed by atoms with Gasteiger partial charge in [0, 0.05) is 19.0 Å². The number of hydrogen-bond donors (Lipinski definition) is 1. The number of pyridine rings is 1. The topological polar surface area (TPSA) is 69.0 Å². The number of aromatic nitrogens is 3. The predicted molar refractivity (Wildman–Crippen MR) is 113 cm³/mol. The summed E-state index contributed by atoms with van der Waals surface area (Å²) < 4.78 is 8.31. The quantitative estimate of drug-likeness (QED) is 0.552. The number of hydrogen-bond acceptors (Lipinski definition) is 5. The van der Waals surface area contributed by atoms with E-state index in [2.05, 4.69) is 39.7 Å². The zero-order valence-corrected chi connectivity index (χ0v) is 16.6. The van der Waals surface area contributed by atoms with Gasteiger partial charge in [-0.05, 0) is 59.7 Å². The van der Waals surface area contributed by atoms with Crippen LogP contribution in [0.3, 0.4) is 0 Å². The van der Waals surface area contributed by atoms with E-state index in [1.54, 1.807) is 17.5 Å². The van der Waals surface area contributed by atoms with Crippen LogP contribution < -0.4 is 5.32 Å². The van der Waals surface area contributed by atoms with Crippen LogP contribution in [0.15, 0.2) is 60.2 Å². The predicted octanol–water partition coefficient (Wildman–Crippen LogP) is 3.59. The van der Waals surface area contributed by atoms with Gasteiger partial charge in [0.2, 0.25) is 0 Å². The van der Waals surface area contributed by atoms with Crippen molar-refractivity contribution in [1.82, 2.24) is 20.1 Å². The lowest BCUT2D eigenvalue weighted by atomic mass is 10.0. The van der Waals surface area contributed by atoms with E-state index in [0.29, 0.717) is 18.9 Å². The molecule has 4 aromatic rings. The lowest BCUT2D eigenvalue weighted by Crippen LogP contribution is -2.35. The second-order valence-corrected chi connectivity index (χ2v) is 8.05. The Morgan fingerprint density at radius 2 is 2.17 bits per heavy atom. The Hall–Kier alpha value is -3.03. The largest absolute Gasteiger partial charge is 0.379 e. The summed E-state index contributed by atoms with van der Waals surface area (Å²) in [4.78, 5) is 17.3. The van der Waals surface area contributed by atoms with Gasteiger partial charge in [0.25, 0.3) is 5.91 Å². The Labute approximate surface area is 172 Å². The van der Waals surface area contributed by atoms with Gasteiger partial charge >= 0.3 is 0 Å². The molecule has 1 unspecified atom stereocenters. The van der Waals surface area contributed by atoms with E-state index in [0.717, 1.165) is 34.3 Å². The fraction of sp³-hybridized carbons (Fsp3) is 0.227. The number of nitrogens with zero attached hydrogens (tertiary/aromatic N) is 3. The Bertz CT molecular complexity index is 1130. The molecular formula is C22H20N4O2S. The molecule has 1 saturated heterocycles. The van der Waals surface area contributed by atoms with Gasteiger partial charge in [-0.1, -0.05) is 12.1 Å². The van der Waals surface area contributed by atoms with Crippen LogP contribution in [-0.4, -0.2) is 39.9 Å². The molecule has 0 radical (unpaired) electrons. The number of amides is 1. The zero-order chi connectivity index (χ0) is 19.6. The smallest absolute Gasteiger partial charge is 0.270 e. The lowest BCUT2D eigenvalue weighted by Gasteiger charge is -2.12. The Morgan fingerprint density at radius 1 is 1.28 bits per heavy atom. The van der Waals surface area contributed by atoms with E-state index >= 15 is 0 Å². The highest BCUT2D eigenvalue weighted by atomic mass is 32.1. The molecule has 1 N–H and O–H groups in total. The van der Waals surface area contributed by atoms with Gasteiger partial charge in [-0.25, -0.2) is 9.67 Å². The monoisotopic (exact) mass is 404 g/mol. The number of thiophene rings is 1. The molecule has 1 aliphatic heterocycles. The number of benzene rings is 1. The maximum absolute atomic E-state index is 12.7. The highest BCUT2D eigenvalue weighted by Gasteiger charge is 2.20. The van der Waals surface area contributed by atoms with Gasteiger partial charge in [0.1, 0.15) is 5.69 Å². The van der Waals surface area contributed by atoms with Gasteiger partial charge in [-0.3, -0.25) is 4.79 Å². The summed E-state index contributed by atoms with van der Waals surface area (Å²) in [5, 5.41) is 9.32. The summed E-state index contributed by atoms with van der Waals surface area (Å²) in [6.45, 7) is 1.27. The van der Waals surface area contributed by atoms with E-state index in [-0.39, 0.29) is 11.9 Å². The first kappa shape index (κ1) is 18.0. The molecule has 3 aromatic heterocycles. The van der Waals surface area contributed by atoms with Gasteiger partial charge in [-0.2, -0.15) is 5.10 Å². The van der Waals surface area contributed by atoms with E-state index in [9.17, 15) is 4.79 Å². The first-order valence-electron chi connectivity index (χ1n) is 9.61. The summed E-state index contributed by atoms with van der Waals surface area (Å²) in [5.74, 6) is -0.135. The third-order valence-electron chi connectivity index (χ3n) is 5.09. The van der Waals surface area contributed by atoms with Crippen molar-refractivity contribution in [3.63, 3.8) is 0 Å². The minimum atomic E-state index is -0.135. The fourth-order valence-electron chi connectivity index (χ4n) is 3.59. The van der Waals surface area contributed by atoms with Crippen LogP contribution in [0.1, 0.15) is 28.0 Å². The molecule has 0 saturated carbocycles. The van der Waals surface area contributed by atoms with Crippen molar-refractivity contribution in [2.24, 2.45) is 0 Å². The molecule has 0 spiro atoms. The van der Waals surface area contributed by atoms with Gasteiger partial charge in [0.05, 0.1) is 28.6 Å². The minimum absolute atomic E-state index is 0.0702. The van der Waals surface area contributed by atoms with Crippen LogP contribution in [0.25, 0.3) is 15.9 Å². The second-order valence-electron chi connectivity index (χ2n) is 7.13. The van der Waals surface area contributed by atoms with Crippen molar-refractivity contribution in [2.75, 3.05) is 13.2 Å². The van der Waals surface area contributed by atoms with Crippen molar-refractivity contribution < 1.29 is 9.53 Å². The zero-order valence-electron chi connectivity index (χ0n) is 15.7. The van der Waals surface area contributed by atoms with Crippen molar-refractivity contribution >= 4 is 27.5 Å². The normalized spacial score (nSPS) is 16.3. The summed E-state index contributed by atoms with van der Waals surface area (Å²) in [5.41, 5.74) is 4.65. The molecule has 146 valence electrons. The van der Waals surface area contributed by atoms with Gasteiger partial charge in [0.15, 0.2) is 0 Å². The number of rotatable bonds is 5. The maximum Gasteiger partial charge on any atom is 0.270 e. The average molecular weight is 404 g/mol. The lowest BCUT2D eigenvalue weighted by molar-refractivity contribution is 0.0925. The van der Waals surface area contributed by atoms with Crippen molar-refractivity contribution in [3.05, 3.63) is 77.1 Å². The highest BCUT2D eigenvalue weighted by molar-refractivity contribution is 7.17. The molecule has 4 heterocycles. The molecule has 1 amide bonds. The molecule has 0 aliphatic carbocycles. The van der Waals surface area contributed by atoms with Gasteiger partial charge in [-0.15, -0.1) is 11.3 Å². The molecular weight excluding hydrogens is 384 g/mol. The minimum Gasteiger partial charge on any atom is -0.379 e. The molecule has 5 rings (SSSR count). The summed E-state index contributed by atoms with van der Waals surface area (Å²) in [6, 6.07) is 14.2.